The standard InChI is InChI=1S/C17H20N2O4/c1-12(17(21)22)10-18-15(20)8-5-9-16-19-11-14(23-16)13-6-3-2-4-7-13/h2-4,6-7,11-12H,5,8-10H2,1H3,(H,18,20)(H,21,22). The third-order valence-electron chi connectivity index (χ3n) is 3.43. The smallest absolute Gasteiger partial charge is 0.308 e. The van der Waals surface area contributed by atoms with E-state index in [1.54, 1.807) is 13.1 Å². The summed E-state index contributed by atoms with van der Waals surface area (Å²) in [6.07, 6.45) is 3.16. The van der Waals surface area contributed by atoms with Crippen molar-refractivity contribution in [2.75, 3.05) is 6.54 Å². The minimum Gasteiger partial charge on any atom is -0.481 e. The van der Waals surface area contributed by atoms with Gasteiger partial charge in [0, 0.05) is 24.9 Å². The van der Waals surface area contributed by atoms with E-state index in [9.17, 15) is 9.59 Å². The molecule has 1 aromatic carbocycles. The van der Waals surface area contributed by atoms with Crippen LogP contribution in [0.2, 0.25) is 0 Å². The van der Waals surface area contributed by atoms with Crippen molar-refractivity contribution in [2.24, 2.45) is 5.92 Å². The van der Waals surface area contributed by atoms with Gasteiger partial charge in [0.2, 0.25) is 5.91 Å². The zero-order chi connectivity index (χ0) is 16.7. The van der Waals surface area contributed by atoms with Gasteiger partial charge in [0.25, 0.3) is 0 Å². The van der Waals surface area contributed by atoms with Crippen LogP contribution in [0.1, 0.15) is 25.7 Å². The van der Waals surface area contributed by atoms with Crippen LogP contribution in [0, 0.1) is 5.92 Å². The number of hydrogen-bond acceptors (Lipinski definition) is 4. The van der Waals surface area contributed by atoms with E-state index in [1.807, 2.05) is 30.3 Å². The topological polar surface area (TPSA) is 92.4 Å². The fourth-order valence-electron chi connectivity index (χ4n) is 2.00. The van der Waals surface area contributed by atoms with Crippen molar-refractivity contribution < 1.29 is 19.1 Å². The average Bonchev–Trinajstić information content (AvgIpc) is 3.02. The highest BCUT2D eigenvalue weighted by Crippen LogP contribution is 2.20. The van der Waals surface area contributed by atoms with Crippen LogP contribution in [0.15, 0.2) is 40.9 Å². The number of carbonyl (C=O) groups excluding carboxylic acids is 1. The molecule has 2 N–H and O–H groups in total. The van der Waals surface area contributed by atoms with Crippen molar-refractivity contribution in [2.45, 2.75) is 26.2 Å². The molecule has 122 valence electrons. The minimum atomic E-state index is -0.918. The van der Waals surface area contributed by atoms with Crippen LogP contribution in [0.5, 0.6) is 0 Å². The molecule has 0 fully saturated rings. The predicted octanol–water partition coefficient (Wildman–Crippen LogP) is 2.50. The Labute approximate surface area is 134 Å². The minimum absolute atomic E-state index is 0.144. The Morgan fingerprint density at radius 1 is 1.30 bits per heavy atom. The van der Waals surface area contributed by atoms with Gasteiger partial charge < -0.3 is 14.8 Å². The van der Waals surface area contributed by atoms with Gasteiger partial charge in [-0.1, -0.05) is 37.3 Å². The fourth-order valence-corrected chi connectivity index (χ4v) is 2.00. The molecule has 0 saturated carbocycles. The van der Waals surface area contributed by atoms with Crippen LogP contribution in [-0.2, 0) is 16.0 Å². The second-order valence-corrected chi connectivity index (χ2v) is 5.38. The highest BCUT2D eigenvalue weighted by molar-refractivity contribution is 5.77. The number of nitrogens with one attached hydrogen (secondary N) is 1. The van der Waals surface area contributed by atoms with Crippen LogP contribution >= 0.6 is 0 Å². The Bertz CT molecular complexity index is 652. The number of benzene rings is 1. The van der Waals surface area contributed by atoms with E-state index >= 15 is 0 Å². The van der Waals surface area contributed by atoms with Gasteiger partial charge in [-0.2, -0.15) is 0 Å². The largest absolute Gasteiger partial charge is 0.481 e. The number of amides is 1. The lowest BCUT2D eigenvalue weighted by atomic mass is 10.2. The number of aliphatic carboxylic acids is 1. The van der Waals surface area contributed by atoms with E-state index in [-0.39, 0.29) is 12.5 Å². The van der Waals surface area contributed by atoms with Gasteiger partial charge in [0.15, 0.2) is 11.7 Å². The highest BCUT2D eigenvalue weighted by atomic mass is 16.4. The molecule has 1 amide bonds. The van der Waals surface area contributed by atoms with Crippen LogP contribution < -0.4 is 5.32 Å². The summed E-state index contributed by atoms with van der Waals surface area (Å²) in [5, 5.41) is 11.4. The molecule has 0 aliphatic rings. The van der Waals surface area contributed by atoms with Crippen molar-refractivity contribution in [3.05, 3.63) is 42.4 Å². The van der Waals surface area contributed by atoms with Crippen LogP contribution in [0.4, 0.5) is 0 Å². The number of carboxylic acid groups (broad SMARTS) is 1. The molecule has 2 rings (SSSR count). The van der Waals surface area contributed by atoms with Gasteiger partial charge in [-0.05, 0) is 6.42 Å². The summed E-state index contributed by atoms with van der Waals surface area (Å²) < 4.78 is 5.66. The van der Waals surface area contributed by atoms with E-state index in [1.165, 1.54) is 0 Å². The molecule has 2 aromatic rings. The molecule has 1 atom stereocenters. The molecule has 0 aliphatic carbocycles. The molecule has 0 radical (unpaired) electrons. The third-order valence-corrected chi connectivity index (χ3v) is 3.43. The lowest BCUT2D eigenvalue weighted by Gasteiger charge is -2.07. The number of rotatable bonds is 8. The SMILES string of the molecule is CC(CNC(=O)CCCc1ncc(-c2ccccc2)o1)C(=O)O. The summed E-state index contributed by atoms with van der Waals surface area (Å²) >= 11 is 0. The van der Waals surface area contributed by atoms with E-state index in [4.69, 9.17) is 9.52 Å². The highest BCUT2D eigenvalue weighted by Gasteiger charge is 2.12. The number of nitrogens with zero attached hydrogens (tertiary/aromatic N) is 1. The van der Waals surface area contributed by atoms with Crippen molar-refractivity contribution in [1.82, 2.24) is 10.3 Å². The van der Waals surface area contributed by atoms with Crippen LogP contribution in [0.25, 0.3) is 11.3 Å². The lowest BCUT2D eigenvalue weighted by molar-refractivity contribution is -0.141. The number of oxazole rings is 1. The first kappa shape index (κ1) is 16.7. The van der Waals surface area contributed by atoms with Crippen molar-refractivity contribution >= 4 is 11.9 Å². The molecule has 0 saturated heterocycles. The van der Waals surface area contributed by atoms with Crippen LogP contribution in [-0.4, -0.2) is 28.5 Å². The monoisotopic (exact) mass is 316 g/mol. The molecular formula is C17H20N2O4. The third kappa shape index (κ3) is 5.25. The van der Waals surface area contributed by atoms with Gasteiger partial charge in [0.05, 0.1) is 12.1 Å². The molecule has 1 heterocycles. The molecule has 0 bridgehead atoms. The summed E-state index contributed by atoms with van der Waals surface area (Å²) in [5.41, 5.74) is 0.964. The Morgan fingerprint density at radius 3 is 2.74 bits per heavy atom. The second kappa shape index (κ2) is 8.12. The summed E-state index contributed by atoms with van der Waals surface area (Å²) in [5.74, 6) is -0.360. The van der Waals surface area contributed by atoms with Crippen molar-refractivity contribution in [1.29, 1.82) is 0 Å². The summed E-state index contributed by atoms with van der Waals surface area (Å²) in [6.45, 7) is 1.70. The Kier molecular flexibility index (Phi) is 5.91. The number of aromatic nitrogens is 1. The summed E-state index contributed by atoms with van der Waals surface area (Å²) in [6, 6.07) is 9.69. The van der Waals surface area contributed by atoms with Gasteiger partial charge in [0.1, 0.15) is 0 Å². The Balaban J connectivity index is 1.73. The first-order chi connectivity index (χ1) is 11.1. The normalized spacial score (nSPS) is 11.9. The van der Waals surface area contributed by atoms with E-state index in [0.717, 1.165) is 5.56 Å². The Hall–Kier alpha value is -2.63. The maximum absolute atomic E-state index is 11.6. The maximum atomic E-state index is 11.6. The van der Waals surface area contributed by atoms with E-state index in [2.05, 4.69) is 10.3 Å². The Morgan fingerprint density at radius 2 is 2.04 bits per heavy atom. The predicted molar refractivity (Wildman–Crippen MR) is 84.7 cm³/mol. The van der Waals surface area contributed by atoms with E-state index in [0.29, 0.717) is 30.9 Å². The zero-order valence-corrected chi connectivity index (χ0v) is 13.0. The van der Waals surface area contributed by atoms with Gasteiger partial charge in [-0.15, -0.1) is 0 Å². The molecule has 6 heteroatoms. The number of carbonyl (C=O) groups is 2. The molecular weight excluding hydrogens is 296 g/mol. The van der Waals surface area contributed by atoms with Gasteiger partial charge >= 0.3 is 5.97 Å². The second-order valence-electron chi connectivity index (χ2n) is 5.38. The summed E-state index contributed by atoms with van der Waals surface area (Å²) in [4.78, 5) is 26.5. The van der Waals surface area contributed by atoms with Gasteiger partial charge in [-0.3, -0.25) is 9.59 Å². The number of aryl methyl sites for hydroxylation is 1. The quantitative estimate of drug-likeness (QED) is 0.780. The molecule has 1 aromatic heterocycles. The first-order valence-electron chi connectivity index (χ1n) is 7.56. The molecule has 1 unspecified atom stereocenters. The maximum Gasteiger partial charge on any atom is 0.308 e. The summed E-state index contributed by atoms with van der Waals surface area (Å²) in [7, 11) is 0. The fraction of sp³-hybridized carbons (Fsp3) is 0.353. The van der Waals surface area contributed by atoms with Crippen molar-refractivity contribution in [3.8, 4) is 11.3 Å². The first-order valence-corrected chi connectivity index (χ1v) is 7.56. The molecule has 23 heavy (non-hydrogen) atoms. The average molecular weight is 316 g/mol. The number of carboxylic acids is 1. The van der Waals surface area contributed by atoms with Crippen LogP contribution in [0.3, 0.4) is 0 Å². The zero-order valence-electron chi connectivity index (χ0n) is 13.0. The van der Waals surface area contributed by atoms with E-state index < -0.39 is 11.9 Å². The lowest BCUT2D eigenvalue weighted by Crippen LogP contribution is -2.31. The van der Waals surface area contributed by atoms with Gasteiger partial charge in [-0.25, -0.2) is 4.98 Å². The molecule has 0 spiro atoms. The van der Waals surface area contributed by atoms with Crippen molar-refractivity contribution in [3.63, 3.8) is 0 Å². The molecule has 6 nitrogen and oxygen atoms in total. The molecule has 0 aliphatic heterocycles. The number of hydrogen-bond donors (Lipinski definition) is 2.